The van der Waals surface area contributed by atoms with E-state index in [-0.39, 0.29) is 24.8 Å². The van der Waals surface area contributed by atoms with Crippen LogP contribution in [-0.4, -0.2) is 23.3 Å². The largest absolute Gasteiger partial charge is 0.351 e. The molecule has 1 heterocycles. The van der Waals surface area contributed by atoms with Crippen molar-refractivity contribution in [2.45, 2.75) is 6.42 Å². The van der Waals surface area contributed by atoms with Crippen LogP contribution >= 0.6 is 22.9 Å². The van der Waals surface area contributed by atoms with Crippen molar-refractivity contribution < 1.29 is 9.59 Å². The molecule has 0 saturated heterocycles. The summed E-state index contributed by atoms with van der Waals surface area (Å²) in [7, 11) is 0. The van der Waals surface area contributed by atoms with Crippen molar-refractivity contribution in [2.75, 3.05) is 11.9 Å². The van der Waals surface area contributed by atoms with Crippen LogP contribution in [0.3, 0.4) is 0 Å². The zero-order chi connectivity index (χ0) is 20.9. The maximum absolute atomic E-state index is 12.2. The molecule has 2 N–H and O–H groups in total. The molecule has 7 heteroatoms. The summed E-state index contributed by atoms with van der Waals surface area (Å²) in [6.07, 6.45) is 0.163. The zero-order valence-electron chi connectivity index (χ0n) is 15.9. The summed E-state index contributed by atoms with van der Waals surface area (Å²) in [6.45, 7) is 0.222. The summed E-state index contributed by atoms with van der Waals surface area (Å²) in [5, 5.41) is 6.87. The van der Waals surface area contributed by atoms with Crippen molar-refractivity contribution in [2.24, 2.45) is 0 Å². The van der Waals surface area contributed by atoms with E-state index in [0.29, 0.717) is 16.3 Å². The lowest BCUT2D eigenvalue weighted by Gasteiger charge is -2.08. The van der Waals surface area contributed by atoms with Crippen molar-refractivity contribution >= 4 is 50.7 Å². The fraction of sp³-hybridized carbons (Fsp3) is 0.0870. The van der Waals surface area contributed by atoms with Crippen LogP contribution in [-0.2, 0) is 4.79 Å². The number of benzene rings is 3. The van der Waals surface area contributed by atoms with Crippen LogP contribution in [0.4, 0.5) is 5.69 Å². The number of rotatable bonds is 6. The van der Waals surface area contributed by atoms with Crippen molar-refractivity contribution in [3.8, 4) is 10.6 Å². The molecule has 0 spiro atoms. The Balaban J connectivity index is 1.30. The van der Waals surface area contributed by atoms with E-state index in [4.69, 9.17) is 11.6 Å². The maximum atomic E-state index is 12.2. The van der Waals surface area contributed by atoms with Gasteiger partial charge < -0.3 is 10.6 Å². The van der Waals surface area contributed by atoms with Gasteiger partial charge in [-0.25, -0.2) is 4.98 Å². The van der Waals surface area contributed by atoms with Crippen molar-refractivity contribution in [1.29, 1.82) is 0 Å². The highest BCUT2D eigenvalue weighted by atomic mass is 35.5. The number of amides is 2. The number of nitrogens with one attached hydrogen (secondary N) is 2. The second kappa shape index (κ2) is 9.07. The molecule has 1 aromatic heterocycles. The van der Waals surface area contributed by atoms with Gasteiger partial charge in [-0.05, 0) is 48.5 Å². The van der Waals surface area contributed by atoms with Gasteiger partial charge in [-0.3, -0.25) is 9.59 Å². The van der Waals surface area contributed by atoms with E-state index in [9.17, 15) is 9.59 Å². The summed E-state index contributed by atoms with van der Waals surface area (Å²) < 4.78 is 1.14. The molecule has 0 aliphatic rings. The molecule has 0 unspecified atom stereocenters. The van der Waals surface area contributed by atoms with Gasteiger partial charge in [-0.15, -0.1) is 11.3 Å². The average Bonchev–Trinajstić information content (AvgIpc) is 3.19. The Labute approximate surface area is 182 Å². The smallest absolute Gasteiger partial charge is 0.252 e. The number of hydrogen-bond acceptors (Lipinski definition) is 4. The van der Waals surface area contributed by atoms with Gasteiger partial charge in [-0.2, -0.15) is 0 Å². The molecule has 30 heavy (non-hydrogen) atoms. The molecule has 0 fully saturated rings. The number of carbonyl (C=O) groups excluding carboxylic acids is 2. The number of carbonyl (C=O) groups is 2. The first kappa shape index (κ1) is 20.1. The van der Waals surface area contributed by atoms with Gasteiger partial charge in [0.2, 0.25) is 5.91 Å². The first-order valence-electron chi connectivity index (χ1n) is 9.39. The van der Waals surface area contributed by atoms with Crippen LogP contribution in [0.25, 0.3) is 20.8 Å². The van der Waals surface area contributed by atoms with Crippen LogP contribution in [0.1, 0.15) is 16.8 Å². The number of nitrogens with zero attached hydrogens (tertiary/aromatic N) is 1. The Bertz CT molecular complexity index is 1170. The minimum atomic E-state index is -0.298. The van der Waals surface area contributed by atoms with E-state index in [0.717, 1.165) is 20.8 Å². The number of halogens is 1. The molecule has 0 radical (unpaired) electrons. The second-order valence-corrected chi connectivity index (χ2v) is 8.04. The van der Waals surface area contributed by atoms with Gasteiger partial charge in [0.1, 0.15) is 5.01 Å². The average molecular weight is 436 g/mol. The highest BCUT2D eigenvalue weighted by Gasteiger charge is 2.10. The fourth-order valence-electron chi connectivity index (χ4n) is 2.95. The van der Waals surface area contributed by atoms with Gasteiger partial charge in [0.05, 0.1) is 20.8 Å². The van der Waals surface area contributed by atoms with Gasteiger partial charge in [0.15, 0.2) is 0 Å². The van der Waals surface area contributed by atoms with Gasteiger partial charge in [0.25, 0.3) is 5.91 Å². The summed E-state index contributed by atoms with van der Waals surface area (Å²) in [5.74, 6) is -0.476. The zero-order valence-corrected chi connectivity index (χ0v) is 17.5. The Hall–Kier alpha value is -3.22. The topological polar surface area (TPSA) is 71.1 Å². The van der Waals surface area contributed by atoms with Gasteiger partial charge in [0, 0.05) is 24.2 Å². The van der Waals surface area contributed by atoms with Crippen molar-refractivity contribution in [3.05, 3.63) is 83.4 Å². The Morgan fingerprint density at radius 2 is 1.67 bits per heavy atom. The van der Waals surface area contributed by atoms with Crippen LogP contribution in [0.2, 0.25) is 5.02 Å². The van der Waals surface area contributed by atoms with Gasteiger partial charge in [-0.1, -0.05) is 35.9 Å². The SMILES string of the molecule is O=C(CCNC(=O)c1ccccc1Cl)Nc1ccc(-c2nc3ccccc3s2)cc1. The monoisotopic (exact) mass is 435 g/mol. The van der Waals surface area contributed by atoms with E-state index >= 15 is 0 Å². The Kier molecular flexibility index (Phi) is 6.07. The highest BCUT2D eigenvalue weighted by molar-refractivity contribution is 7.21. The third-order valence-electron chi connectivity index (χ3n) is 4.47. The van der Waals surface area contributed by atoms with Crippen LogP contribution in [0.5, 0.6) is 0 Å². The molecule has 3 aromatic carbocycles. The summed E-state index contributed by atoms with van der Waals surface area (Å²) in [5.41, 5.74) is 3.07. The van der Waals surface area contributed by atoms with E-state index in [1.165, 1.54) is 0 Å². The second-order valence-electron chi connectivity index (χ2n) is 6.60. The van der Waals surface area contributed by atoms with Gasteiger partial charge >= 0.3 is 0 Å². The molecule has 150 valence electrons. The maximum Gasteiger partial charge on any atom is 0.252 e. The molecule has 0 aliphatic heterocycles. The molecule has 0 saturated carbocycles. The first-order valence-corrected chi connectivity index (χ1v) is 10.6. The first-order chi connectivity index (χ1) is 14.6. The van der Waals surface area contributed by atoms with Crippen LogP contribution in [0.15, 0.2) is 72.8 Å². The molecule has 0 atom stereocenters. The predicted molar refractivity (Wildman–Crippen MR) is 122 cm³/mol. The lowest BCUT2D eigenvalue weighted by molar-refractivity contribution is -0.116. The number of para-hydroxylation sites is 1. The molecule has 2 amide bonds. The number of anilines is 1. The third kappa shape index (κ3) is 4.67. The predicted octanol–water partition coefficient (Wildman–Crippen LogP) is 5.38. The number of hydrogen-bond donors (Lipinski definition) is 2. The lowest BCUT2D eigenvalue weighted by Crippen LogP contribution is -2.27. The molecule has 4 rings (SSSR count). The number of fused-ring (bicyclic) bond motifs is 1. The van der Waals surface area contributed by atoms with E-state index in [2.05, 4.69) is 21.7 Å². The standard InChI is InChI=1S/C23H18ClN3O2S/c24-18-6-2-1-5-17(18)22(29)25-14-13-21(28)26-16-11-9-15(10-12-16)23-27-19-7-3-4-8-20(19)30-23/h1-12H,13-14H2,(H,25,29)(H,26,28). The molecule has 4 aromatic rings. The highest BCUT2D eigenvalue weighted by Crippen LogP contribution is 2.30. The minimum Gasteiger partial charge on any atom is -0.351 e. The van der Waals surface area contributed by atoms with Crippen LogP contribution < -0.4 is 10.6 Å². The summed E-state index contributed by atoms with van der Waals surface area (Å²) in [6, 6.07) is 22.4. The van der Waals surface area contributed by atoms with Crippen LogP contribution in [0, 0.1) is 0 Å². The molecular formula is C23H18ClN3O2S. The summed E-state index contributed by atoms with van der Waals surface area (Å²) in [4.78, 5) is 28.9. The quantitative estimate of drug-likeness (QED) is 0.427. The van der Waals surface area contributed by atoms with E-state index in [1.54, 1.807) is 35.6 Å². The number of aromatic nitrogens is 1. The molecule has 0 bridgehead atoms. The minimum absolute atomic E-state index is 0.163. The third-order valence-corrected chi connectivity index (χ3v) is 5.88. The number of thiazole rings is 1. The van der Waals surface area contributed by atoms with Crippen molar-refractivity contribution in [1.82, 2.24) is 10.3 Å². The molecular weight excluding hydrogens is 418 g/mol. The fourth-order valence-corrected chi connectivity index (χ4v) is 4.14. The van der Waals surface area contributed by atoms with E-state index < -0.39 is 0 Å². The van der Waals surface area contributed by atoms with E-state index in [1.807, 2.05) is 42.5 Å². The lowest BCUT2D eigenvalue weighted by atomic mass is 10.2. The van der Waals surface area contributed by atoms with Crippen molar-refractivity contribution in [3.63, 3.8) is 0 Å². The molecule has 5 nitrogen and oxygen atoms in total. The molecule has 0 aliphatic carbocycles. The normalized spacial score (nSPS) is 10.7. The Morgan fingerprint density at radius 1 is 0.933 bits per heavy atom. The Morgan fingerprint density at radius 3 is 2.43 bits per heavy atom. The summed E-state index contributed by atoms with van der Waals surface area (Å²) >= 11 is 7.64.